The van der Waals surface area contributed by atoms with E-state index in [0.717, 1.165) is 0 Å². The second-order valence-corrected chi connectivity index (χ2v) is 4.75. The van der Waals surface area contributed by atoms with E-state index in [9.17, 15) is 4.79 Å². The Morgan fingerprint density at radius 1 is 1.35 bits per heavy atom. The van der Waals surface area contributed by atoms with Crippen LogP contribution in [0.15, 0.2) is 26.4 Å². The van der Waals surface area contributed by atoms with Crippen LogP contribution >= 0.6 is 0 Å². The number of nitrogens with zero attached hydrogens (tertiary/aromatic N) is 7. The molecule has 8 nitrogen and oxygen atoms in total. The molecular weight excluding hydrogens is 258 g/mol. The lowest BCUT2D eigenvalue weighted by Crippen LogP contribution is -2.35. The number of ketones is 1. The highest BCUT2D eigenvalue weighted by Crippen LogP contribution is 2.25. The number of aliphatic imine (C=N–C) groups is 3. The number of fused-ring (bicyclic) bond motifs is 1. The molecule has 0 aromatic carbocycles. The van der Waals surface area contributed by atoms with E-state index < -0.39 is 0 Å². The molecule has 0 atom stereocenters. The van der Waals surface area contributed by atoms with Crippen molar-refractivity contribution in [2.24, 2.45) is 15.0 Å². The van der Waals surface area contributed by atoms with Crippen LogP contribution in [-0.2, 0) is 4.79 Å². The molecule has 0 aliphatic carbocycles. The van der Waals surface area contributed by atoms with Gasteiger partial charge in [0.25, 0.3) is 0 Å². The number of nitriles is 1. The summed E-state index contributed by atoms with van der Waals surface area (Å²) >= 11 is 0. The molecule has 2 heterocycles. The molecule has 2 rings (SSSR count). The standard InChI is InChI=1S/C12H15N7O/c1-17(2)7-14-11-16-12(18(3)4)15-10-8(5-13)9(20)6-19(10)11/h7H,6H2,1-4H3. The van der Waals surface area contributed by atoms with Gasteiger partial charge >= 0.3 is 0 Å². The van der Waals surface area contributed by atoms with E-state index in [4.69, 9.17) is 5.26 Å². The zero-order valence-electron chi connectivity index (χ0n) is 11.8. The molecule has 0 N–H and O–H groups in total. The van der Waals surface area contributed by atoms with Gasteiger partial charge in [0.15, 0.2) is 11.6 Å². The maximum atomic E-state index is 11.8. The minimum atomic E-state index is -0.265. The van der Waals surface area contributed by atoms with Crippen molar-refractivity contribution in [3.63, 3.8) is 0 Å². The average Bonchev–Trinajstić information content (AvgIpc) is 2.70. The number of hydrogen-bond acceptors (Lipinski definition) is 7. The normalized spacial score (nSPS) is 17.9. The number of guanidine groups is 2. The maximum absolute atomic E-state index is 11.8. The van der Waals surface area contributed by atoms with E-state index >= 15 is 0 Å². The highest BCUT2D eigenvalue weighted by molar-refractivity contribution is 6.10. The lowest BCUT2D eigenvalue weighted by Gasteiger charge is -2.24. The predicted molar refractivity (Wildman–Crippen MR) is 75.1 cm³/mol. The van der Waals surface area contributed by atoms with Gasteiger partial charge in [0.2, 0.25) is 11.9 Å². The van der Waals surface area contributed by atoms with Crippen LogP contribution in [0, 0.1) is 11.3 Å². The molecule has 0 aromatic heterocycles. The summed E-state index contributed by atoms with van der Waals surface area (Å²) in [5.74, 6) is 0.816. The summed E-state index contributed by atoms with van der Waals surface area (Å²) in [5.41, 5.74) is 0.0526. The number of rotatable bonds is 1. The fraction of sp³-hybridized carbons (Fsp3) is 0.417. The van der Waals surface area contributed by atoms with Crippen molar-refractivity contribution in [3.05, 3.63) is 11.4 Å². The van der Waals surface area contributed by atoms with Crippen molar-refractivity contribution >= 4 is 24.0 Å². The van der Waals surface area contributed by atoms with Crippen LogP contribution in [0.25, 0.3) is 0 Å². The first kappa shape index (κ1) is 13.7. The topological polar surface area (TPSA) is 87.7 Å². The molecule has 0 radical (unpaired) electrons. The third kappa shape index (κ3) is 2.38. The third-order valence-corrected chi connectivity index (χ3v) is 2.62. The van der Waals surface area contributed by atoms with E-state index in [-0.39, 0.29) is 17.9 Å². The Kier molecular flexibility index (Phi) is 3.52. The van der Waals surface area contributed by atoms with Gasteiger partial charge in [-0.1, -0.05) is 0 Å². The van der Waals surface area contributed by atoms with Gasteiger partial charge in [-0.25, -0.2) is 4.99 Å². The van der Waals surface area contributed by atoms with Crippen LogP contribution in [-0.4, -0.2) is 73.5 Å². The monoisotopic (exact) mass is 273 g/mol. The van der Waals surface area contributed by atoms with Crippen LogP contribution in [0.3, 0.4) is 0 Å². The molecule has 104 valence electrons. The molecule has 0 saturated heterocycles. The second kappa shape index (κ2) is 5.13. The van der Waals surface area contributed by atoms with E-state index in [0.29, 0.717) is 17.7 Å². The second-order valence-electron chi connectivity index (χ2n) is 4.75. The van der Waals surface area contributed by atoms with Gasteiger partial charge in [0.05, 0.1) is 12.9 Å². The quantitative estimate of drug-likeness (QED) is 0.474. The summed E-state index contributed by atoms with van der Waals surface area (Å²) in [5, 5.41) is 9.08. The summed E-state index contributed by atoms with van der Waals surface area (Å²) in [6.45, 7) is 0.0477. The van der Waals surface area contributed by atoms with Gasteiger partial charge < -0.3 is 9.80 Å². The largest absolute Gasteiger partial charge is 0.369 e. The highest BCUT2D eigenvalue weighted by atomic mass is 16.1. The molecule has 0 saturated carbocycles. The summed E-state index contributed by atoms with van der Waals surface area (Å²) in [4.78, 5) is 29.6. The molecule has 20 heavy (non-hydrogen) atoms. The Morgan fingerprint density at radius 3 is 2.60 bits per heavy atom. The predicted octanol–water partition coefficient (Wildman–Crippen LogP) is -0.517. The van der Waals surface area contributed by atoms with Crippen molar-refractivity contribution in [1.29, 1.82) is 5.26 Å². The molecule has 8 heteroatoms. The molecule has 2 aliphatic heterocycles. The Balaban J connectivity index is 2.49. The molecule has 0 fully saturated rings. The Hall–Kier alpha value is -2.69. The van der Waals surface area contributed by atoms with Gasteiger partial charge in [-0.3, -0.25) is 9.69 Å². The van der Waals surface area contributed by atoms with Crippen LogP contribution in [0.5, 0.6) is 0 Å². The molecule has 0 aromatic rings. The Labute approximate surface area is 117 Å². The maximum Gasteiger partial charge on any atom is 0.236 e. The highest BCUT2D eigenvalue weighted by Gasteiger charge is 2.36. The number of carbonyl (C=O) groups excluding carboxylic acids is 1. The SMILES string of the molecule is CN(C)C=NC1=NC(N(C)C)=NC2=C(C#N)C(=O)CN12. The average molecular weight is 273 g/mol. The Bertz CT molecular complexity index is 604. The van der Waals surface area contributed by atoms with Gasteiger partial charge in [-0.05, 0) is 0 Å². The Morgan fingerprint density at radius 2 is 2.05 bits per heavy atom. The van der Waals surface area contributed by atoms with E-state index in [1.165, 1.54) is 0 Å². The zero-order chi connectivity index (χ0) is 14.9. The van der Waals surface area contributed by atoms with Crippen molar-refractivity contribution in [3.8, 4) is 6.07 Å². The van der Waals surface area contributed by atoms with Crippen LogP contribution < -0.4 is 0 Å². The van der Waals surface area contributed by atoms with Crippen molar-refractivity contribution in [1.82, 2.24) is 14.7 Å². The first-order valence-electron chi connectivity index (χ1n) is 5.94. The van der Waals surface area contributed by atoms with Crippen LogP contribution in [0.1, 0.15) is 0 Å². The van der Waals surface area contributed by atoms with E-state index in [1.54, 1.807) is 35.1 Å². The molecule has 0 unspecified atom stereocenters. The summed E-state index contributed by atoms with van der Waals surface area (Å²) in [6, 6.07) is 1.90. The molecular formula is C12H15N7O. The van der Waals surface area contributed by atoms with Crippen LogP contribution in [0.2, 0.25) is 0 Å². The first-order valence-corrected chi connectivity index (χ1v) is 5.94. The van der Waals surface area contributed by atoms with Crippen molar-refractivity contribution in [2.45, 2.75) is 0 Å². The minimum Gasteiger partial charge on any atom is -0.369 e. The fourth-order valence-electron chi connectivity index (χ4n) is 1.69. The molecule has 0 spiro atoms. The summed E-state index contributed by atoms with van der Waals surface area (Å²) < 4.78 is 0. The number of hydrogen-bond donors (Lipinski definition) is 0. The summed E-state index contributed by atoms with van der Waals surface area (Å²) in [6.07, 6.45) is 1.59. The van der Waals surface area contributed by atoms with Gasteiger partial charge in [0.1, 0.15) is 11.6 Å². The number of carbonyl (C=O) groups is 1. The van der Waals surface area contributed by atoms with Crippen molar-refractivity contribution in [2.75, 3.05) is 34.7 Å². The first-order chi connectivity index (χ1) is 9.43. The molecule has 0 bridgehead atoms. The third-order valence-electron chi connectivity index (χ3n) is 2.62. The lowest BCUT2D eigenvalue weighted by atomic mass is 10.2. The van der Waals surface area contributed by atoms with E-state index in [2.05, 4.69) is 15.0 Å². The fourth-order valence-corrected chi connectivity index (χ4v) is 1.69. The molecule has 0 amide bonds. The summed E-state index contributed by atoms with van der Waals surface area (Å²) in [7, 11) is 7.24. The van der Waals surface area contributed by atoms with E-state index in [1.807, 2.05) is 20.2 Å². The van der Waals surface area contributed by atoms with Crippen LogP contribution in [0.4, 0.5) is 0 Å². The smallest absolute Gasteiger partial charge is 0.236 e. The minimum absolute atomic E-state index is 0.0477. The lowest BCUT2D eigenvalue weighted by molar-refractivity contribution is -0.114. The zero-order valence-corrected chi connectivity index (χ0v) is 11.8. The number of Topliss-reactive ketones (excluding diaryl/α,β-unsaturated/α-hetero) is 1. The van der Waals surface area contributed by atoms with Gasteiger partial charge in [-0.15, -0.1) is 0 Å². The molecule has 2 aliphatic rings. The van der Waals surface area contributed by atoms with Crippen molar-refractivity contribution < 1.29 is 4.79 Å². The van der Waals surface area contributed by atoms with Gasteiger partial charge in [0, 0.05) is 28.2 Å². The van der Waals surface area contributed by atoms with Gasteiger partial charge in [-0.2, -0.15) is 15.2 Å².